The monoisotopic (exact) mass is 413 g/mol. The molecule has 3 aromatic rings. The van der Waals surface area contributed by atoms with E-state index in [4.69, 9.17) is 19.9 Å². The summed E-state index contributed by atoms with van der Waals surface area (Å²) in [5.74, 6) is 0.150. The summed E-state index contributed by atoms with van der Waals surface area (Å²) in [5, 5.41) is 0. The first-order chi connectivity index (χ1) is 14.3. The quantitative estimate of drug-likeness (QED) is 0.661. The number of imidazole rings is 1. The van der Waals surface area contributed by atoms with E-state index in [-0.39, 0.29) is 17.9 Å². The second-order valence-corrected chi connectivity index (χ2v) is 7.85. The van der Waals surface area contributed by atoms with Crippen LogP contribution in [0.25, 0.3) is 22.6 Å². The molecule has 0 aliphatic carbocycles. The summed E-state index contributed by atoms with van der Waals surface area (Å²) in [5.41, 5.74) is 8.02. The van der Waals surface area contributed by atoms with Gasteiger partial charge < -0.3 is 24.9 Å². The van der Waals surface area contributed by atoms with Gasteiger partial charge in [0.25, 0.3) is 0 Å². The number of aromatic nitrogens is 4. The maximum atomic E-state index is 13.5. The number of nitrogens with two attached hydrogens (primary N) is 1. The highest BCUT2D eigenvalue weighted by Gasteiger charge is 2.32. The Labute approximate surface area is 173 Å². The molecule has 158 valence electrons. The van der Waals surface area contributed by atoms with Crippen molar-refractivity contribution in [3.05, 3.63) is 48.2 Å². The van der Waals surface area contributed by atoms with Crippen LogP contribution in [0.2, 0.25) is 0 Å². The maximum absolute atomic E-state index is 13.5. The lowest BCUT2D eigenvalue weighted by molar-refractivity contribution is -0.211. The Balaban J connectivity index is 1.74. The van der Waals surface area contributed by atoms with Crippen LogP contribution in [-0.4, -0.2) is 44.8 Å². The van der Waals surface area contributed by atoms with Crippen molar-refractivity contribution in [2.45, 2.75) is 38.7 Å². The molecule has 1 aliphatic rings. The Morgan fingerprint density at radius 1 is 1.17 bits per heavy atom. The molecule has 0 amide bonds. The molecule has 0 atom stereocenters. The van der Waals surface area contributed by atoms with E-state index >= 15 is 0 Å². The zero-order chi connectivity index (χ0) is 21.3. The fourth-order valence-electron chi connectivity index (χ4n) is 3.03. The van der Waals surface area contributed by atoms with Crippen LogP contribution < -0.4 is 10.5 Å². The largest absolute Gasteiger partial charge is 0.461 e. The summed E-state index contributed by atoms with van der Waals surface area (Å²) in [4.78, 5) is 16.6. The lowest BCUT2D eigenvalue weighted by atomic mass is 10.1. The molecule has 0 unspecified atom stereocenters. The standard InChI is InChI=1S/C21H24FN5O3/c1-12(2)30-20-24-9-8-15(25-20)17-16(13-4-6-14(22)7-5-13)26-18(27-17)19-28-10-21(3,23)11-29-19/h4-9,12,19H,10-11,23H2,1-3H3,(H,26,27). The summed E-state index contributed by atoms with van der Waals surface area (Å²) in [6.45, 7) is 6.32. The van der Waals surface area contributed by atoms with Crippen LogP contribution in [0.3, 0.4) is 0 Å². The fraction of sp³-hybridized carbons (Fsp3) is 0.381. The predicted octanol–water partition coefficient (Wildman–Crippen LogP) is 3.22. The van der Waals surface area contributed by atoms with Crippen molar-refractivity contribution in [3.63, 3.8) is 0 Å². The van der Waals surface area contributed by atoms with Crippen LogP contribution >= 0.6 is 0 Å². The van der Waals surface area contributed by atoms with Crippen molar-refractivity contribution in [1.82, 2.24) is 19.9 Å². The summed E-state index contributed by atoms with van der Waals surface area (Å²) in [7, 11) is 0. The Morgan fingerprint density at radius 2 is 1.87 bits per heavy atom. The molecule has 8 nitrogen and oxygen atoms in total. The van der Waals surface area contributed by atoms with Gasteiger partial charge in [-0.2, -0.15) is 4.98 Å². The number of hydrogen-bond acceptors (Lipinski definition) is 7. The second kappa shape index (κ2) is 8.10. The van der Waals surface area contributed by atoms with Crippen LogP contribution in [0.1, 0.15) is 32.9 Å². The summed E-state index contributed by atoms with van der Waals surface area (Å²) in [6.07, 6.45) is 0.856. The maximum Gasteiger partial charge on any atom is 0.317 e. The van der Waals surface area contributed by atoms with E-state index in [2.05, 4.69) is 19.9 Å². The van der Waals surface area contributed by atoms with Crippen molar-refractivity contribution in [2.75, 3.05) is 13.2 Å². The number of rotatable bonds is 5. The van der Waals surface area contributed by atoms with Gasteiger partial charge in [-0.3, -0.25) is 0 Å². The van der Waals surface area contributed by atoms with Crippen molar-refractivity contribution >= 4 is 0 Å². The van der Waals surface area contributed by atoms with E-state index in [1.165, 1.54) is 12.1 Å². The Kier molecular flexibility index (Phi) is 5.50. The van der Waals surface area contributed by atoms with Crippen molar-refractivity contribution in [2.24, 2.45) is 5.73 Å². The second-order valence-electron chi connectivity index (χ2n) is 7.85. The van der Waals surface area contributed by atoms with Crippen LogP contribution in [0.4, 0.5) is 4.39 Å². The normalized spacial score (nSPS) is 21.7. The van der Waals surface area contributed by atoms with Gasteiger partial charge in [-0.25, -0.2) is 14.4 Å². The molecule has 0 saturated carbocycles. The molecule has 1 fully saturated rings. The molecule has 9 heteroatoms. The van der Waals surface area contributed by atoms with Gasteiger partial charge in [0.15, 0.2) is 5.82 Å². The van der Waals surface area contributed by atoms with Gasteiger partial charge in [0.1, 0.15) is 5.82 Å². The van der Waals surface area contributed by atoms with E-state index in [1.807, 2.05) is 20.8 Å². The highest BCUT2D eigenvalue weighted by Crippen LogP contribution is 2.33. The number of H-pyrrole nitrogens is 1. The molecule has 1 aromatic carbocycles. The van der Waals surface area contributed by atoms with Crippen molar-refractivity contribution < 1.29 is 18.6 Å². The van der Waals surface area contributed by atoms with E-state index in [0.717, 1.165) is 5.56 Å². The number of ether oxygens (including phenoxy) is 3. The highest BCUT2D eigenvalue weighted by molar-refractivity contribution is 5.76. The molecule has 2 aromatic heterocycles. The Morgan fingerprint density at radius 3 is 2.53 bits per heavy atom. The third-order valence-electron chi connectivity index (χ3n) is 4.42. The molecule has 0 bridgehead atoms. The number of aromatic amines is 1. The zero-order valence-corrected chi connectivity index (χ0v) is 17.1. The Hall–Kier alpha value is -2.88. The number of benzene rings is 1. The van der Waals surface area contributed by atoms with Crippen LogP contribution in [0.15, 0.2) is 36.5 Å². The van der Waals surface area contributed by atoms with E-state index < -0.39 is 11.8 Å². The van der Waals surface area contributed by atoms with Gasteiger partial charge in [0.2, 0.25) is 6.29 Å². The van der Waals surface area contributed by atoms with Gasteiger partial charge in [0.05, 0.1) is 41.9 Å². The summed E-state index contributed by atoms with van der Waals surface area (Å²) >= 11 is 0. The fourth-order valence-corrected chi connectivity index (χ4v) is 3.03. The van der Waals surface area contributed by atoms with Crippen LogP contribution in [0.5, 0.6) is 6.01 Å². The number of nitrogens with one attached hydrogen (secondary N) is 1. The molecule has 0 spiro atoms. The first-order valence-corrected chi connectivity index (χ1v) is 9.69. The minimum Gasteiger partial charge on any atom is -0.461 e. The molecular formula is C21H24FN5O3. The van der Waals surface area contributed by atoms with Crippen LogP contribution in [-0.2, 0) is 9.47 Å². The van der Waals surface area contributed by atoms with Gasteiger partial charge in [-0.05, 0) is 51.1 Å². The van der Waals surface area contributed by atoms with E-state index in [0.29, 0.717) is 36.1 Å². The molecule has 30 heavy (non-hydrogen) atoms. The molecule has 4 rings (SSSR count). The van der Waals surface area contributed by atoms with E-state index in [9.17, 15) is 4.39 Å². The number of hydrogen-bond donors (Lipinski definition) is 2. The number of halogens is 1. The average molecular weight is 413 g/mol. The smallest absolute Gasteiger partial charge is 0.317 e. The van der Waals surface area contributed by atoms with Gasteiger partial charge in [-0.1, -0.05) is 0 Å². The topological polar surface area (TPSA) is 108 Å². The predicted molar refractivity (Wildman–Crippen MR) is 108 cm³/mol. The average Bonchev–Trinajstić information content (AvgIpc) is 3.13. The molecule has 3 N–H and O–H groups in total. The first-order valence-electron chi connectivity index (χ1n) is 9.69. The SMILES string of the molecule is CC(C)Oc1nccc(-c2[nH]c(C3OCC(C)(N)CO3)nc2-c2ccc(F)cc2)n1. The van der Waals surface area contributed by atoms with Gasteiger partial charge in [-0.15, -0.1) is 0 Å². The molecule has 1 aliphatic heterocycles. The minimum absolute atomic E-state index is 0.0660. The highest BCUT2D eigenvalue weighted by atomic mass is 19.1. The molecule has 3 heterocycles. The van der Waals surface area contributed by atoms with Gasteiger partial charge in [0, 0.05) is 11.8 Å². The third kappa shape index (κ3) is 4.48. The van der Waals surface area contributed by atoms with Gasteiger partial charge >= 0.3 is 6.01 Å². The minimum atomic E-state index is -0.692. The third-order valence-corrected chi connectivity index (χ3v) is 4.42. The molecule has 1 saturated heterocycles. The zero-order valence-electron chi connectivity index (χ0n) is 17.1. The summed E-state index contributed by atoms with van der Waals surface area (Å²) < 4.78 is 30.6. The van der Waals surface area contributed by atoms with Crippen molar-refractivity contribution in [1.29, 1.82) is 0 Å². The molecular weight excluding hydrogens is 389 g/mol. The van der Waals surface area contributed by atoms with E-state index in [1.54, 1.807) is 24.4 Å². The first kappa shape index (κ1) is 20.4. The van der Waals surface area contributed by atoms with Crippen molar-refractivity contribution in [3.8, 4) is 28.7 Å². The Bertz CT molecular complexity index is 1010. The lowest BCUT2D eigenvalue weighted by Gasteiger charge is -2.33. The lowest BCUT2D eigenvalue weighted by Crippen LogP contribution is -2.50. The van der Waals surface area contributed by atoms with Crippen LogP contribution in [0, 0.1) is 5.82 Å². The number of nitrogens with zero attached hydrogens (tertiary/aromatic N) is 3. The summed E-state index contributed by atoms with van der Waals surface area (Å²) in [6, 6.07) is 8.09. The molecule has 0 radical (unpaired) electrons.